The van der Waals surface area contributed by atoms with E-state index < -0.39 is 17.8 Å². The molecular weight excluding hydrogens is 281 g/mol. The normalized spacial score (nSPS) is 23.5. The van der Waals surface area contributed by atoms with E-state index in [4.69, 9.17) is 5.73 Å². The number of halogens is 3. The minimum atomic E-state index is -4.39. The predicted octanol–water partition coefficient (Wildman–Crippen LogP) is 3.11. The number of carbonyl (C=O) groups excluding carboxylic acids is 1. The van der Waals surface area contributed by atoms with Crippen LogP contribution in [0.5, 0.6) is 0 Å². The number of rotatable bonds is 3. The van der Waals surface area contributed by atoms with E-state index in [0.29, 0.717) is 24.9 Å². The first kappa shape index (κ1) is 15.8. The van der Waals surface area contributed by atoms with Crippen molar-refractivity contribution in [1.29, 1.82) is 0 Å². The zero-order valence-electron chi connectivity index (χ0n) is 11.9. The molecule has 3 nitrogen and oxygen atoms in total. The molecule has 1 aromatic rings. The van der Waals surface area contributed by atoms with Gasteiger partial charge in [0.1, 0.15) is 0 Å². The number of nitrogens with two attached hydrogens (primary N) is 1. The molecule has 1 aliphatic heterocycles. The van der Waals surface area contributed by atoms with Crippen molar-refractivity contribution in [3.05, 3.63) is 35.4 Å². The van der Waals surface area contributed by atoms with Crippen molar-refractivity contribution in [2.24, 2.45) is 5.73 Å². The molecule has 0 aromatic heterocycles. The lowest BCUT2D eigenvalue weighted by atomic mass is 9.89. The Hall–Kier alpha value is -1.56. The van der Waals surface area contributed by atoms with Gasteiger partial charge in [-0.2, -0.15) is 13.2 Å². The lowest BCUT2D eigenvalue weighted by molar-refractivity contribution is -0.137. The van der Waals surface area contributed by atoms with Crippen LogP contribution in [0.25, 0.3) is 0 Å². The molecule has 1 saturated heterocycles. The molecule has 116 valence electrons. The monoisotopic (exact) mass is 300 g/mol. The van der Waals surface area contributed by atoms with E-state index >= 15 is 0 Å². The van der Waals surface area contributed by atoms with Gasteiger partial charge in [0.15, 0.2) is 0 Å². The van der Waals surface area contributed by atoms with Gasteiger partial charge in [-0.3, -0.25) is 4.79 Å². The van der Waals surface area contributed by atoms with Crippen LogP contribution in [-0.4, -0.2) is 23.4 Å². The first-order chi connectivity index (χ1) is 9.84. The molecule has 1 aromatic carbocycles. The van der Waals surface area contributed by atoms with E-state index in [1.165, 1.54) is 6.07 Å². The Labute approximate surface area is 121 Å². The number of carbonyl (C=O) groups is 1. The molecule has 1 amide bonds. The largest absolute Gasteiger partial charge is 0.416 e. The molecule has 2 N–H and O–H groups in total. The van der Waals surface area contributed by atoms with Gasteiger partial charge in [-0.25, -0.2) is 0 Å². The number of hydrogen-bond donors (Lipinski definition) is 1. The van der Waals surface area contributed by atoms with E-state index in [0.717, 1.165) is 18.6 Å². The van der Waals surface area contributed by atoms with Crippen molar-refractivity contribution in [3.8, 4) is 0 Å². The van der Waals surface area contributed by atoms with E-state index in [9.17, 15) is 18.0 Å². The third-order valence-electron chi connectivity index (χ3n) is 3.77. The van der Waals surface area contributed by atoms with Crippen molar-refractivity contribution < 1.29 is 18.0 Å². The van der Waals surface area contributed by atoms with Gasteiger partial charge >= 0.3 is 6.18 Å². The highest BCUT2D eigenvalue weighted by Crippen LogP contribution is 2.35. The topological polar surface area (TPSA) is 46.3 Å². The molecule has 2 atom stereocenters. The second kappa shape index (κ2) is 6.05. The highest BCUT2D eigenvalue weighted by molar-refractivity contribution is 5.78. The molecule has 0 radical (unpaired) electrons. The molecule has 1 fully saturated rings. The zero-order chi connectivity index (χ0) is 15.6. The Morgan fingerprint density at radius 1 is 1.38 bits per heavy atom. The van der Waals surface area contributed by atoms with Gasteiger partial charge in [0.2, 0.25) is 5.91 Å². The van der Waals surface area contributed by atoms with Crippen LogP contribution in [0.4, 0.5) is 13.2 Å². The molecule has 1 heterocycles. The van der Waals surface area contributed by atoms with E-state index in [-0.39, 0.29) is 11.9 Å². The van der Waals surface area contributed by atoms with Crippen LogP contribution in [0.15, 0.2) is 24.3 Å². The van der Waals surface area contributed by atoms with E-state index in [1.807, 2.05) is 6.92 Å². The summed E-state index contributed by atoms with van der Waals surface area (Å²) < 4.78 is 38.5. The summed E-state index contributed by atoms with van der Waals surface area (Å²) in [7, 11) is 0. The number of likely N-dealkylation sites (tertiary alicyclic amines) is 1. The predicted molar refractivity (Wildman–Crippen MR) is 73.4 cm³/mol. The highest BCUT2D eigenvalue weighted by Gasteiger charge is 2.36. The van der Waals surface area contributed by atoms with Crippen LogP contribution < -0.4 is 5.73 Å². The lowest BCUT2D eigenvalue weighted by Gasteiger charge is -2.40. The lowest BCUT2D eigenvalue weighted by Crippen LogP contribution is -2.49. The number of alkyl halides is 3. The Bertz CT molecular complexity index is 516. The summed E-state index contributed by atoms with van der Waals surface area (Å²) in [5.74, 6) is -0.0408. The Kier molecular flexibility index (Phi) is 4.56. The quantitative estimate of drug-likeness (QED) is 0.932. The molecule has 6 heteroatoms. The van der Waals surface area contributed by atoms with Gasteiger partial charge in [0.05, 0.1) is 11.6 Å². The molecule has 2 unspecified atom stereocenters. The summed E-state index contributed by atoms with van der Waals surface area (Å²) in [5, 5.41) is 0. The van der Waals surface area contributed by atoms with Gasteiger partial charge in [-0.15, -0.1) is 0 Å². The number of piperidine rings is 1. The molecular formula is C15H19F3N2O. The molecule has 21 heavy (non-hydrogen) atoms. The smallest absolute Gasteiger partial charge is 0.334 e. The third kappa shape index (κ3) is 3.37. The van der Waals surface area contributed by atoms with Crippen molar-refractivity contribution in [2.45, 2.75) is 44.4 Å². The fraction of sp³-hybridized carbons (Fsp3) is 0.533. The maximum atomic E-state index is 12.8. The number of hydrogen-bond acceptors (Lipinski definition) is 2. The van der Waals surface area contributed by atoms with Crippen LogP contribution in [0.1, 0.15) is 43.4 Å². The summed E-state index contributed by atoms with van der Waals surface area (Å²) >= 11 is 0. The third-order valence-corrected chi connectivity index (χ3v) is 3.77. The number of benzene rings is 1. The maximum Gasteiger partial charge on any atom is 0.416 e. The van der Waals surface area contributed by atoms with Crippen molar-refractivity contribution in [1.82, 2.24) is 4.90 Å². The van der Waals surface area contributed by atoms with Crippen molar-refractivity contribution in [3.63, 3.8) is 0 Å². The van der Waals surface area contributed by atoms with Crippen molar-refractivity contribution in [2.75, 3.05) is 6.54 Å². The fourth-order valence-corrected chi connectivity index (χ4v) is 2.81. The van der Waals surface area contributed by atoms with Crippen LogP contribution in [0.2, 0.25) is 0 Å². The molecule has 1 aliphatic rings. The van der Waals surface area contributed by atoms with Gasteiger partial charge in [-0.05, 0) is 30.5 Å². The number of nitrogens with zero attached hydrogens (tertiary/aromatic N) is 1. The molecule has 2 rings (SSSR count). The standard InChI is InChI=1S/C15H19F3N2O/c1-2-8-20-13(21)7-6-12(19)14(20)10-4-3-5-11(9-10)15(16,17)18/h3-5,9,12,14H,2,6-8,19H2,1H3. The number of amides is 1. The highest BCUT2D eigenvalue weighted by atomic mass is 19.4. The van der Waals surface area contributed by atoms with Crippen molar-refractivity contribution >= 4 is 5.91 Å². The Morgan fingerprint density at radius 2 is 2.10 bits per heavy atom. The van der Waals surface area contributed by atoms with Gasteiger partial charge < -0.3 is 10.6 Å². The average Bonchev–Trinajstić information content (AvgIpc) is 2.42. The zero-order valence-corrected chi connectivity index (χ0v) is 11.9. The summed E-state index contributed by atoms with van der Waals surface area (Å²) in [6.07, 6.45) is -2.79. The van der Waals surface area contributed by atoms with E-state index in [1.54, 1.807) is 11.0 Å². The first-order valence-corrected chi connectivity index (χ1v) is 7.06. The summed E-state index contributed by atoms with van der Waals surface area (Å²) in [6, 6.07) is 4.30. The van der Waals surface area contributed by atoms with Gasteiger partial charge in [0, 0.05) is 19.0 Å². The molecule has 0 bridgehead atoms. The summed E-state index contributed by atoms with van der Waals surface area (Å²) in [4.78, 5) is 13.7. The average molecular weight is 300 g/mol. The second-order valence-electron chi connectivity index (χ2n) is 5.36. The first-order valence-electron chi connectivity index (χ1n) is 7.06. The van der Waals surface area contributed by atoms with E-state index in [2.05, 4.69) is 0 Å². The van der Waals surface area contributed by atoms with Gasteiger partial charge in [0.25, 0.3) is 0 Å². The fourth-order valence-electron chi connectivity index (χ4n) is 2.81. The minimum Gasteiger partial charge on any atom is -0.334 e. The Balaban J connectivity index is 2.38. The van der Waals surface area contributed by atoms with Crippen LogP contribution in [0.3, 0.4) is 0 Å². The van der Waals surface area contributed by atoms with Crippen LogP contribution >= 0.6 is 0 Å². The van der Waals surface area contributed by atoms with Crippen LogP contribution in [-0.2, 0) is 11.0 Å². The Morgan fingerprint density at radius 3 is 2.71 bits per heavy atom. The minimum absolute atomic E-state index is 0.0408. The summed E-state index contributed by atoms with van der Waals surface area (Å²) in [5.41, 5.74) is 5.83. The molecule has 0 saturated carbocycles. The maximum absolute atomic E-state index is 12.8. The van der Waals surface area contributed by atoms with Crippen LogP contribution in [0, 0.1) is 0 Å². The van der Waals surface area contributed by atoms with Gasteiger partial charge in [-0.1, -0.05) is 19.1 Å². The SMILES string of the molecule is CCCN1C(=O)CCC(N)C1c1cccc(C(F)(F)F)c1. The molecule has 0 spiro atoms. The summed E-state index contributed by atoms with van der Waals surface area (Å²) in [6.45, 7) is 2.43. The second-order valence-corrected chi connectivity index (χ2v) is 5.36. The molecule has 0 aliphatic carbocycles.